The molecule has 2 rings (SSSR count). The van der Waals surface area contributed by atoms with Gasteiger partial charge in [-0.1, -0.05) is 6.58 Å². The molecule has 1 aromatic rings. The summed E-state index contributed by atoms with van der Waals surface area (Å²) in [5.74, 6) is 0. The first-order valence-corrected chi connectivity index (χ1v) is 3.59. The topological polar surface area (TPSA) is 33.1 Å². The lowest BCUT2D eigenvalue weighted by Crippen LogP contribution is -1.89. The van der Waals surface area contributed by atoms with Crippen molar-refractivity contribution in [2.24, 2.45) is 0 Å². The van der Waals surface area contributed by atoms with E-state index in [1.807, 2.05) is 6.07 Å². The van der Waals surface area contributed by atoms with Crippen LogP contribution in [0.3, 0.4) is 0 Å². The van der Waals surface area contributed by atoms with Gasteiger partial charge in [0.05, 0.1) is 6.10 Å². The fraction of sp³-hybridized carbons (Fsp3) is 0.222. The van der Waals surface area contributed by atoms with Gasteiger partial charge in [0.25, 0.3) is 0 Å². The van der Waals surface area contributed by atoms with E-state index in [-0.39, 0.29) is 6.10 Å². The van der Waals surface area contributed by atoms with E-state index in [0.29, 0.717) is 6.42 Å². The van der Waals surface area contributed by atoms with E-state index in [2.05, 4.69) is 11.6 Å². The van der Waals surface area contributed by atoms with E-state index in [0.717, 1.165) is 16.7 Å². The number of nitrogens with zero attached hydrogens (tertiary/aromatic N) is 1. The van der Waals surface area contributed by atoms with Crippen molar-refractivity contribution in [1.82, 2.24) is 4.98 Å². The third kappa shape index (κ3) is 0.870. The average Bonchev–Trinajstić information content (AvgIpc) is 2.30. The number of rotatable bonds is 0. The lowest BCUT2D eigenvalue weighted by molar-refractivity contribution is 0.190. The van der Waals surface area contributed by atoms with Crippen molar-refractivity contribution < 1.29 is 5.11 Å². The van der Waals surface area contributed by atoms with Gasteiger partial charge in [-0.3, -0.25) is 4.98 Å². The van der Waals surface area contributed by atoms with Gasteiger partial charge >= 0.3 is 0 Å². The van der Waals surface area contributed by atoms with Crippen LogP contribution in [0.25, 0.3) is 5.57 Å². The first-order chi connectivity index (χ1) is 5.29. The maximum atomic E-state index is 9.46. The summed E-state index contributed by atoms with van der Waals surface area (Å²) in [6.07, 6.45) is 3.75. The molecule has 0 bridgehead atoms. The molecule has 0 amide bonds. The number of pyridine rings is 1. The first-order valence-electron chi connectivity index (χ1n) is 3.59. The van der Waals surface area contributed by atoms with E-state index in [1.165, 1.54) is 0 Å². The molecule has 0 aromatic carbocycles. The fourth-order valence-electron chi connectivity index (χ4n) is 1.44. The Hall–Kier alpha value is -1.15. The van der Waals surface area contributed by atoms with Gasteiger partial charge in [0, 0.05) is 24.4 Å². The second-order valence-electron chi connectivity index (χ2n) is 2.79. The second kappa shape index (κ2) is 2.17. The van der Waals surface area contributed by atoms with E-state index < -0.39 is 0 Å². The standard InChI is InChI=1S/C9H9NO/c1-6-4-9(11)7-2-3-10-5-8(6)7/h2-3,5,9,11H,1,4H2. The summed E-state index contributed by atoms with van der Waals surface area (Å²) in [4.78, 5) is 3.97. The highest BCUT2D eigenvalue weighted by atomic mass is 16.3. The van der Waals surface area contributed by atoms with Gasteiger partial charge in [0.15, 0.2) is 0 Å². The molecule has 1 aliphatic carbocycles. The quantitative estimate of drug-likeness (QED) is 0.603. The molecule has 1 N–H and O–H groups in total. The van der Waals surface area contributed by atoms with Crippen molar-refractivity contribution in [1.29, 1.82) is 0 Å². The van der Waals surface area contributed by atoms with Crippen LogP contribution >= 0.6 is 0 Å². The molecule has 0 aliphatic heterocycles. The summed E-state index contributed by atoms with van der Waals surface area (Å²) in [6.45, 7) is 3.85. The highest BCUT2D eigenvalue weighted by Crippen LogP contribution is 2.37. The van der Waals surface area contributed by atoms with Gasteiger partial charge < -0.3 is 5.11 Å². The molecule has 56 valence electrons. The smallest absolute Gasteiger partial charge is 0.0837 e. The van der Waals surface area contributed by atoms with Gasteiger partial charge in [-0.05, 0) is 17.2 Å². The zero-order valence-corrected chi connectivity index (χ0v) is 6.12. The molecule has 1 atom stereocenters. The SMILES string of the molecule is C=C1CC(O)c2ccncc21. The molecule has 0 radical (unpaired) electrons. The number of hydrogen-bond acceptors (Lipinski definition) is 2. The summed E-state index contributed by atoms with van der Waals surface area (Å²) in [7, 11) is 0. The third-order valence-corrected chi connectivity index (χ3v) is 2.03. The molecule has 1 aliphatic rings. The summed E-state index contributed by atoms with van der Waals surface area (Å²) < 4.78 is 0. The largest absolute Gasteiger partial charge is 0.388 e. The maximum absolute atomic E-state index is 9.46. The van der Waals surface area contributed by atoms with Gasteiger partial charge in [-0.2, -0.15) is 0 Å². The summed E-state index contributed by atoms with van der Waals surface area (Å²) >= 11 is 0. The minimum atomic E-state index is -0.361. The molecule has 0 spiro atoms. The van der Waals surface area contributed by atoms with Crippen molar-refractivity contribution >= 4 is 5.57 Å². The summed E-state index contributed by atoms with van der Waals surface area (Å²) in [5.41, 5.74) is 2.96. The lowest BCUT2D eigenvalue weighted by Gasteiger charge is -1.99. The highest BCUT2D eigenvalue weighted by Gasteiger charge is 2.22. The Labute approximate surface area is 65.2 Å². The zero-order chi connectivity index (χ0) is 7.84. The Bertz CT molecular complexity index is 306. The van der Waals surface area contributed by atoms with Crippen molar-refractivity contribution in [2.75, 3.05) is 0 Å². The van der Waals surface area contributed by atoms with Crippen LogP contribution in [0.1, 0.15) is 23.7 Å². The van der Waals surface area contributed by atoms with Gasteiger partial charge in [-0.15, -0.1) is 0 Å². The summed E-state index contributed by atoms with van der Waals surface area (Å²) in [5, 5.41) is 9.46. The van der Waals surface area contributed by atoms with Crippen LogP contribution in [0.4, 0.5) is 0 Å². The number of aliphatic hydroxyl groups excluding tert-OH is 1. The molecule has 1 heterocycles. The Morgan fingerprint density at radius 2 is 2.45 bits per heavy atom. The van der Waals surface area contributed by atoms with Crippen LogP contribution in [0.2, 0.25) is 0 Å². The maximum Gasteiger partial charge on any atom is 0.0837 e. The monoisotopic (exact) mass is 147 g/mol. The van der Waals surface area contributed by atoms with Crippen LogP contribution in [-0.4, -0.2) is 10.1 Å². The third-order valence-electron chi connectivity index (χ3n) is 2.03. The molecular weight excluding hydrogens is 138 g/mol. The zero-order valence-electron chi connectivity index (χ0n) is 6.12. The normalized spacial score (nSPS) is 21.9. The number of aliphatic hydroxyl groups is 1. The molecular formula is C9H9NO. The Balaban J connectivity index is 2.60. The van der Waals surface area contributed by atoms with Crippen molar-refractivity contribution in [3.05, 3.63) is 36.2 Å². The van der Waals surface area contributed by atoms with E-state index in [1.54, 1.807) is 12.4 Å². The second-order valence-corrected chi connectivity index (χ2v) is 2.79. The predicted octanol–water partition coefficient (Wildman–Crippen LogP) is 1.53. The Kier molecular flexibility index (Phi) is 1.29. The molecule has 2 heteroatoms. The van der Waals surface area contributed by atoms with Crippen LogP contribution in [0.5, 0.6) is 0 Å². The van der Waals surface area contributed by atoms with Crippen molar-refractivity contribution in [2.45, 2.75) is 12.5 Å². The highest BCUT2D eigenvalue weighted by molar-refractivity contribution is 5.70. The molecule has 1 unspecified atom stereocenters. The predicted molar refractivity (Wildman–Crippen MR) is 42.8 cm³/mol. The average molecular weight is 147 g/mol. The lowest BCUT2D eigenvalue weighted by atomic mass is 10.1. The number of fused-ring (bicyclic) bond motifs is 1. The van der Waals surface area contributed by atoms with Gasteiger partial charge in [0.1, 0.15) is 0 Å². The molecule has 1 aromatic heterocycles. The molecule has 2 nitrogen and oxygen atoms in total. The van der Waals surface area contributed by atoms with Crippen LogP contribution in [-0.2, 0) is 0 Å². The van der Waals surface area contributed by atoms with E-state index in [4.69, 9.17) is 0 Å². The van der Waals surface area contributed by atoms with Crippen LogP contribution in [0.15, 0.2) is 25.0 Å². The number of hydrogen-bond donors (Lipinski definition) is 1. The van der Waals surface area contributed by atoms with E-state index >= 15 is 0 Å². The van der Waals surface area contributed by atoms with Crippen molar-refractivity contribution in [3.63, 3.8) is 0 Å². The molecule has 11 heavy (non-hydrogen) atoms. The van der Waals surface area contributed by atoms with Gasteiger partial charge in [-0.25, -0.2) is 0 Å². The molecule has 0 saturated carbocycles. The Morgan fingerprint density at radius 3 is 3.18 bits per heavy atom. The van der Waals surface area contributed by atoms with Crippen molar-refractivity contribution in [3.8, 4) is 0 Å². The van der Waals surface area contributed by atoms with Gasteiger partial charge in [0.2, 0.25) is 0 Å². The molecule has 0 saturated heterocycles. The van der Waals surface area contributed by atoms with E-state index in [9.17, 15) is 5.11 Å². The van der Waals surface area contributed by atoms with Crippen LogP contribution in [0, 0.1) is 0 Å². The minimum absolute atomic E-state index is 0.361. The summed E-state index contributed by atoms with van der Waals surface area (Å²) in [6, 6.07) is 1.85. The minimum Gasteiger partial charge on any atom is -0.388 e. The first kappa shape index (κ1) is 6.55. The molecule has 0 fully saturated rings. The fourth-order valence-corrected chi connectivity index (χ4v) is 1.44. The van der Waals surface area contributed by atoms with Crippen LogP contribution < -0.4 is 0 Å². The number of aromatic nitrogens is 1. The Morgan fingerprint density at radius 1 is 1.64 bits per heavy atom.